The van der Waals surface area contributed by atoms with Gasteiger partial charge in [0.2, 0.25) is 5.91 Å². The van der Waals surface area contributed by atoms with E-state index < -0.39 is 0 Å². The van der Waals surface area contributed by atoms with Crippen molar-refractivity contribution in [2.45, 2.75) is 20.4 Å². The molecule has 25 heavy (non-hydrogen) atoms. The highest BCUT2D eigenvalue weighted by Crippen LogP contribution is 2.13. The first-order valence-electron chi connectivity index (χ1n) is 7.79. The van der Waals surface area contributed by atoms with Crippen molar-refractivity contribution in [2.75, 3.05) is 18.4 Å². The summed E-state index contributed by atoms with van der Waals surface area (Å²) in [5.74, 6) is 1.30. The predicted octanol–water partition coefficient (Wildman–Crippen LogP) is 0.0989. The fraction of sp³-hybridized carbons (Fsp3) is 0.333. The van der Waals surface area contributed by atoms with Gasteiger partial charge >= 0.3 is 0 Å². The van der Waals surface area contributed by atoms with Gasteiger partial charge < -0.3 is 10.6 Å². The summed E-state index contributed by atoms with van der Waals surface area (Å²) in [6.07, 6.45) is 6.13. The van der Waals surface area contributed by atoms with Gasteiger partial charge in [0, 0.05) is 24.8 Å². The molecule has 0 saturated carbocycles. The third-order valence-corrected chi connectivity index (χ3v) is 3.68. The molecule has 0 aliphatic heterocycles. The van der Waals surface area contributed by atoms with Crippen molar-refractivity contribution in [3.63, 3.8) is 0 Å². The number of aryl methyl sites for hydroxylation is 1. The topological polar surface area (TPSA) is 115 Å². The van der Waals surface area contributed by atoms with Crippen LogP contribution < -0.4 is 10.6 Å². The Balaban J connectivity index is 1.49. The van der Waals surface area contributed by atoms with Crippen molar-refractivity contribution >= 4 is 11.7 Å². The average molecular weight is 341 g/mol. The van der Waals surface area contributed by atoms with Gasteiger partial charge in [-0.05, 0) is 13.8 Å². The molecule has 0 spiro atoms. The Morgan fingerprint density at radius 3 is 2.72 bits per heavy atom. The van der Waals surface area contributed by atoms with Gasteiger partial charge in [-0.1, -0.05) is 0 Å². The second kappa shape index (κ2) is 7.51. The largest absolute Gasteiger partial charge is 0.368 e. The van der Waals surface area contributed by atoms with Gasteiger partial charge in [0.05, 0.1) is 5.69 Å². The van der Waals surface area contributed by atoms with Gasteiger partial charge in [0.1, 0.15) is 43.5 Å². The van der Waals surface area contributed by atoms with Crippen molar-refractivity contribution in [1.82, 2.24) is 39.6 Å². The molecule has 2 N–H and O–H groups in total. The molecule has 10 nitrogen and oxygen atoms in total. The summed E-state index contributed by atoms with van der Waals surface area (Å²) in [5, 5.41) is 9.85. The Morgan fingerprint density at radius 2 is 2.00 bits per heavy atom. The van der Waals surface area contributed by atoms with Crippen molar-refractivity contribution in [2.24, 2.45) is 0 Å². The fourth-order valence-corrected chi connectivity index (χ4v) is 2.22. The van der Waals surface area contributed by atoms with Crippen LogP contribution in [0.4, 0.5) is 5.82 Å². The van der Waals surface area contributed by atoms with Gasteiger partial charge in [-0.3, -0.25) is 9.36 Å². The number of hydrogen-bond donors (Lipinski definition) is 2. The standard InChI is InChI=1S/C15H19N9O/c1-11-12(2)24(10-21-11)14-5-13(19-8-20-14)17-3-4-18-15(25)6-23-9-16-7-22-23/h5,7-10H,3-4,6H2,1-2H3,(H,18,25)(H,17,19,20). The number of nitrogens with zero attached hydrogens (tertiary/aromatic N) is 7. The molecule has 0 atom stereocenters. The van der Waals surface area contributed by atoms with E-state index >= 15 is 0 Å². The minimum absolute atomic E-state index is 0.125. The minimum atomic E-state index is -0.125. The number of hydrogen-bond acceptors (Lipinski definition) is 7. The van der Waals surface area contributed by atoms with E-state index in [0.717, 1.165) is 17.2 Å². The molecule has 130 valence electrons. The van der Waals surface area contributed by atoms with Crippen LogP contribution in [0, 0.1) is 13.8 Å². The summed E-state index contributed by atoms with van der Waals surface area (Å²) in [5.41, 5.74) is 1.99. The third kappa shape index (κ3) is 4.16. The highest BCUT2D eigenvalue weighted by Gasteiger charge is 2.07. The Hall–Kier alpha value is -3.30. The number of carbonyl (C=O) groups excluding carboxylic acids is 1. The molecule has 0 bridgehead atoms. The summed E-state index contributed by atoms with van der Waals surface area (Å²) in [6.45, 7) is 5.10. The minimum Gasteiger partial charge on any atom is -0.368 e. The Kier molecular flexibility index (Phi) is 4.97. The zero-order valence-electron chi connectivity index (χ0n) is 14.0. The lowest BCUT2D eigenvalue weighted by Crippen LogP contribution is -2.31. The van der Waals surface area contributed by atoms with Gasteiger partial charge in [0.25, 0.3) is 0 Å². The van der Waals surface area contributed by atoms with Crippen LogP contribution in [-0.2, 0) is 11.3 Å². The zero-order chi connectivity index (χ0) is 17.6. The summed E-state index contributed by atoms with van der Waals surface area (Å²) in [6, 6.07) is 1.84. The number of rotatable bonds is 7. The fourth-order valence-electron chi connectivity index (χ4n) is 2.22. The maximum Gasteiger partial charge on any atom is 0.241 e. The molecule has 3 aromatic rings. The number of imidazole rings is 1. The van der Waals surface area contributed by atoms with Crippen LogP contribution in [0.15, 0.2) is 31.4 Å². The number of nitrogens with one attached hydrogen (secondary N) is 2. The molecule has 0 aliphatic rings. The number of aromatic nitrogens is 7. The van der Waals surface area contributed by atoms with E-state index in [-0.39, 0.29) is 12.5 Å². The monoisotopic (exact) mass is 341 g/mol. The van der Waals surface area contributed by atoms with Crippen LogP contribution >= 0.6 is 0 Å². The molecule has 10 heteroatoms. The Bertz CT molecular complexity index is 841. The predicted molar refractivity (Wildman–Crippen MR) is 90.1 cm³/mol. The quantitative estimate of drug-likeness (QED) is 0.586. The maximum absolute atomic E-state index is 11.7. The third-order valence-electron chi connectivity index (χ3n) is 3.68. The second-order valence-corrected chi connectivity index (χ2v) is 5.42. The van der Waals surface area contributed by atoms with Crippen LogP contribution in [0.25, 0.3) is 5.82 Å². The molecule has 0 saturated heterocycles. The van der Waals surface area contributed by atoms with E-state index in [4.69, 9.17) is 0 Å². The summed E-state index contributed by atoms with van der Waals surface area (Å²) in [7, 11) is 0. The van der Waals surface area contributed by atoms with Crippen molar-refractivity contribution in [3.05, 3.63) is 42.8 Å². The van der Waals surface area contributed by atoms with E-state index in [9.17, 15) is 4.79 Å². The number of carbonyl (C=O) groups is 1. The van der Waals surface area contributed by atoms with Crippen molar-refractivity contribution < 1.29 is 4.79 Å². The van der Waals surface area contributed by atoms with Gasteiger partial charge in [-0.25, -0.2) is 24.6 Å². The molecule has 0 unspecified atom stereocenters. The summed E-state index contributed by atoms with van der Waals surface area (Å²) < 4.78 is 3.37. The van der Waals surface area contributed by atoms with Gasteiger partial charge in [0.15, 0.2) is 0 Å². The van der Waals surface area contributed by atoms with Crippen LogP contribution in [-0.4, -0.2) is 53.3 Å². The van der Waals surface area contributed by atoms with E-state index in [2.05, 4.69) is 35.7 Å². The SMILES string of the molecule is Cc1ncn(-c2cc(NCCNC(=O)Cn3cncn3)ncn2)c1C. The first-order chi connectivity index (χ1) is 12.1. The summed E-state index contributed by atoms with van der Waals surface area (Å²) in [4.78, 5) is 28.3. The lowest BCUT2D eigenvalue weighted by Gasteiger charge is -2.09. The molecule has 0 aliphatic carbocycles. The summed E-state index contributed by atoms with van der Waals surface area (Å²) >= 11 is 0. The van der Waals surface area contributed by atoms with Crippen molar-refractivity contribution in [1.29, 1.82) is 0 Å². The van der Waals surface area contributed by atoms with Crippen LogP contribution in [0.3, 0.4) is 0 Å². The van der Waals surface area contributed by atoms with Crippen molar-refractivity contribution in [3.8, 4) is 5.82 Å². The molecule has 3 heterocycles. The van der Waals surface area contributed by atoms with E-state index in [1.54, 1.807) is 6.33 Å². The van der Waals surface area contributed by atoms with E-state index in [0.29, 0.717) is 18.9 Å². The first-order valence-corrected chi connectivity index (χ1v) is 7.79. The smallest absolute Gasteiger partial charge is 0.241 e. The molecule has 0 aromatic carbocycles. The van der Waals surface area contributed by atoms with Crippen LogP contribution in [0.2, 0.25) is 0 Å². The molecular formula is C15H19N9O. The molecule has 0 radical (unpaired) electrons. The lowest BCUT2D eigenvalue weighted by molar-refractivity contribution is -0.121. The van der Waals surface area contributed by atoms with Crippen LogP contribution in [0.1, 0.15) is 11.4 Å². The molecule has 3 rings (SSSR count). The Labute approximate surface area is 144 Å². The highest BCUT2D eigenvalue weighted by molar-refractivity contribution is 5.75. The number of amides is 1. The molecule has 0 fully saturated rings. The maximum atomic E-state index is 11.7. The average Bonchev–Trinajstić information content (AvgIpc) is 3.23. The highest BCUT2D eigenvalue weighted by atomic mass is 16.2. The van der Waals surface area contributed by atoms with E-state index in [1.165, 1.54) is 23.7 Å². The normalized spacial score (nSPS) is 10.6. The van der Waals surface area contributed by atoms with E-state index in [1.807, 2.05) is 24.5 Å². The molecular weight excluding hydrogens is 322 g/mol. The van der Waals surface area contributed by atoms with Gasteiger partial charge in [-0.2, -0.15) is 5.10 Å². The van der Waals surface area contributed by atoms with Crippen LogP contribution in [0.5, 0.6) is 0 Å². The molecule has 3 aromatic heterocycles. The number of anilines is 1. The molecule has 1 amide bonds. The second-order valence-electron chi connectivity index (χ2n) is 5.42. The zero-order valence-corrected chi connectivity index (χ0v) is 14.0. The lowest BCUT2D eigenvalue weighted by atomic mass is 10.4. The van der Waals surface area contributed by atoms with Gasteiger partial charge in [-0.15, -0.1) is 0 Å². The first kappa shape index (κ1) is 16.6. The Morgan fingerprint density at radius 1 is 1.12 bits per heavy atom.